The molecule has 1 unspecified atom stereocenters. The van der Waals surface area contributed by atoms with Crippen molar-refractivity contribution in [3.05, 3.63) is 47.2 Å². The molecule has 2 heterocycles. The summed E-state index contributed by atoms with van der Waals surface area (Å²) in [4.78, 5) is 25.5. The van der Waals surface area contributed by atoms with Crippen LogP contribution in [0.2, 0.25) is 1.41 Å². The van der Waals surface area contributed by atoms with Crippen LogP contribution in [0.15, 0.2) is 36.0 Å². The third-order valence-electron chi connectivity index (χ3n) is 2.76. The van der Waals surface area contributed by atoms with E-state index >= 15 is 0 Å². The van der Waals surface area contributed by atoms with Crippen molar-refractivity contribution in [2.45, 2.75) is 25.8 Å². The second-order valence-electron chi connectivity index (χ2n) is 4.01. The summed E-state index contributed by atoms with van der Waals surface area (Å²) in [5.74, 6) is -1.84. The lowest BCUT2D eigenvalue weighted by molar-refractivity contribution is 0.0552. The van der Waals surface area contributed by atoms with E-state index in [0.717, 1.165) is 6.20 Å². The Balaban J connectivity index is 2.22. The third-order valence-corrected chi connectivity index (χ3v) is 2.76. The average molecular weight is 248 g/mol. The number of nitrogens with zero attached hydrogens (tertiary/aromatic N) is 1. The molecule has 1 N–H and O–H groups in total. The van der Waals surface area contributed by atoms with Crippen molar-refractivity contribution in [3.8, 4) is 0 Å². The number of benzene rings is 1. The van der Waals surface area contributed by atoms with Gasteiger partial charge in [-0.25, -0.2) is 0 Å². The zero-order valence-corrected chi connectivity index (χ0v) is 9.60. The average Bonchev–Trinajstić information content (AvgIpc) is 2.77. The molecule has 2 aliphatic rings. The van der Waals surface area contributed by atoms with Gasteiger partial charge < -0.3 is 5.31 Å². The van der Waals surface area contributed by atoms with Crippen LogP contribution in [0.4, 0.5) is 0 Å². The number of allylic oxidation sites excluding steroid dienone is 1. The molecule has 1 aromatic carbocycles. The van der Waals surface area contributed by atoms with Gasteiger partial charge in [-0.1, -0.05) is 17.7 Å². The van der Waals surface area contributed by atoms with E-state index in [0.29, 0.717) is 10.2 Å². The van der Waals surface area contributed by atoms with Crippen LogP contribution in [-0.4, -0.2) is 22.9 Å². The fourth-order valence-electron chi connectivity index (χ4n) is 1.87. The molecule has 2 amide bonds. The van der Waals surface area contributed by atoms with Gasteiger partial charge in [0.15, 0.2) is 1.41 Å². The van der Waals surface area contributed by atoms with Gasteiger partial charge in [0, 0.05) is 5.48 Å². The molecule has 4 heteroatoms. The van der Waals surface area contributed by atoms with Crippen LogP contribution in [0.25, 0.3) is 0 Å². The Labute approximate surface area is 114 Å². The molecule has 1 atom stereocenters. The van der Waals surface area contributed by atoms with Gasteiger partial charge in [0.2, 0.25) is 0 Å². The van der Waals surface area contributed by atoms with Crippen molar-refractivity contribution in [1.82, 2.24) is 10.2 Å². The standard InChI is InChI=1S/C14H14N2O2/c1-9-6-7-12(15-8-9)16-13(17)10-4-2-3-5-11(10)14(16)18/h2-5,8,12,15H,6-7H2,1H3/i6D2,7D2,12D/hD. The lowest BCUT2D eigenvalue weighted by Gasteiger charge is -2.29. The monoisotopic (exact) mass is 248 g/mol. The number of carbonyl (C=O) groups is 2. The summed E-state index contributed by atoms with van der Waals surface area (Å²) < 4.78 is 48.7. The van der Waals surface area contributed by atoms with Crippen LogP contribution in [0.3, 0.4) is 0 Å². The highest BCUT2D eigenvalue weighted by Crippen LogP contribution is 2.26. The maximum Gasteiger partial charge on any atom is 0.263 e. The summed E-state index contributed by atoms with van der Waals surface area (Å²) in [7, 11) is 0. The fourth-order valence-corrected chi connectivity index (χ4v) is 1.87. The number of nitrogens with one attached hydrogen (secondary N) is 1. The highest BCUT2D eigenvalue weighted by Gasteiger charge is 2.39. The van der Waals surface area contributed by atoms with Gasteiger partial charge in [-0.15, -0.1) is 0 Å². The highest BCUT2D eigenvalue weighted by atomic mass is 16.2. The van der Waals surface area contributed by atoms with Gasteiger partial charge in [0.25, 0.3) is 11.8 Å². The Kier molecular flexibility index (Phi) is 1.37. The first-order valence-corrected chi connectivity index (χ1v) is 5.43. The summed E-state index contributed by atoms with van der Waals surface area (Å²) in [6.45, 7) is 1.29. The van der Waals surface area contributed by atoms with Crippen LogP contribution in [0.1, 0.15) is 47.2 Å². The predicted molar refractivity (Wildman–Crippen MR) is 66.9 cm³/mol. The van der Waals surface area contributed by atoms with Gasteiger partial charge >= 0.3 is 0 Å². The summed E-state index contributed by atoms with van der Waals surface area (Å²) >= 11 is 0. The smallest absolute Gasteiger partial charge is 0.263 e. The van der Waals surface area contributed by atoms with E-state index in [-0.39, 0.29) is 16.7 Å². The first-order valence-electron chi connectivity index (χ1n) is 8.37. The quantitative estimate of drug-likeness (QED) is 0.772. The largest absolute Gasteiger partial charge is 0.371 e. The molecule has 0 fully saturated rings. The van der Waals surface area contributed by atoms with Crippen LogP contribution >= 0.6 is 0 Å². The molecule has 0 aromatic heterocycles. The maximum atomic E-state index is 12.6. The molecule has 0 saturated carbocycles. The van der Waals surface area contributed by atoms with Crippen molar-refractivity contribution >= 4 is 11.8 Å². The normalized spacial score (nSPS) is 37.7. The Bertz CT molecular complexity index is 758. The van der Waals surface area contributed by atoms with Gasteiger partial charge in [0.1, 0.15) is 6.14 Å². The van der Waals surface area contributed by atoms with Gasteiger partial charge in [0.05, 0.1) is 12.5 Å². The highest BCUT2D eigenvalue weighted by molar-refractivity contribution is 6.21. The van der Waals surface area contributed by atoms with Crippen molar-refractivity contribution in [1.29, 1.82) is 0 Å². The molecule has 0 bridgehead atoms. The second-order valence-corrected chi connectivity index (χ2v) is 4.01. The lowest BCUT2D eigenvalue weighted by Crippen LogP contribution is -2.48. The van der Waals surface area contributed by atoms with Crippen molar-refractivity contribution in [2.24, 2.45) is 0 Å². The van der Waals surface area contributed by atoms with E-state index in [4.69, 9.17) is 8.27 Å². The summed E-state index contributed by atoms with van der Waals surface area (Å²) in [6.07, 6.45) is -7.63. The zero-order valence-electron chi connectivity index (χ0n) is 15.6. The van der Waals surface area contributed by atoms with E-state index in [1.165, 1.54) is 31.2 Å². The molecular formula is C14H14N2O2. The van der Waals surface area contributed by atoms with Crippen LogP contribution in [-0.2, 0) is 0 Å². The number of imide groups is 1. The van der Waals surface area contributed by atoms with Crippen molar-refractivity contribution in [2.75, 3.05) is 0 Å². The molecule has 18 heavy (non-hydrogen) atoms. The van der Waals surface area contributed by atoms with Crippen molar-refractivity contribution < 1.29 is 17.9 Å². The second kappa shape index (κ2) is 3.98. The van der Waals surface area contributed by atoms with E-state index in [2.05, 4.69) is 0 Å². The Morgan fingerprint density at radius 1 is 1.39 bits per heavy atom. The topological polar surface area (TPSA) is 49.4 Å². The lowest BCUT2D eigenvalue weighted by atomic mass is 10.1. The molecular weight excluding hydrogens is 228 g/mol. The number of fused-ring (bicyclic) bond motifs is 1. The molecule has 0 aliphatic carbocycles. The van der Waals surface area contributed by atoms with Crippen LogP contribution in [0.5, 0.6) is 0 Å². The summed E-state index contributed by atoms with van der Waals surface area (Å²) in [6, 6.07) is 5.81. The number of rotatable bonds is 1. The first kappa shape index (κ1) is 6.18. The maximum absolute atomic E-state index is 12.6. The molecule has 3 rings (SSSR count). The molecule has 4 nitrogen and oxygen atoms in total. The van der Waals surface area contributed by atoms with Crippen LogP contribution < -0.4 is 5.31 Å². The number of carbonyl (C=O) groups excluding carboxylic acids is 2. The van der Waals surface area contributed by atoms with E-state index in [1.807, 2.05) is 0 Å². The van der Waals surface area contributed by atoms with E-state index in [9.17, 15) is 9.59 Å². The zero-order chi connectivity index (χ0) is 18.1. The third kappa shape index (κ3) is 1.53. The summed E-state index contributed by atoms with van der Waals surface area (Å²) in [5, 5.41) is 0.325. The molecule has 0 radical (unpaired) electrons. The Morgan fingerprint density at radius 2 is 2.00 bits per heavy atom. The Morgan fingerprint density at radius 3 is 2.61 bits per heavy atom. The van der Waals surface area contributed by atoms with Gasteiger partial charge in [-0.3, -0.25) is 14.5 Å². The molecule has 0 spiro atoms. The predicted octanol–water partition coefficient (Wildman–Crippen LogP) is 1.90. The fraction of sp³-hybridized carbons (Fsp3) is 0.286. The molecule has 2 aliphatic heterocycles. The van der Waals surface area contributed by atoms with E-state index < -0.39 is 30.7 Å². The SMILES string of the molecule is [2H]N1C=C(C)C([2H])([2H])C([2H])([2H])C1([2H])N1C(=O)c2ccccc2C1=O. The molecule has 0 saturated heterocycles. The number of hydrogen-bond acceptors (Lipinski definition) is 3. The van der Waals surface area contributed by atoms with E-state index in [1.54, 1.807) is 0 Å². The van der Waals surface area contributed by atoms with Crippen molar-refractivity contribution in [3.63, 3.8) is 0 Å². The van der Waals surface area contributed by atoms with Gasteiger partial charge in [-0.2, -0.15) is 0 Å². The minimum absolute atomic E-state index is 0.00478. The Hall–Kier alpha value is -2.10. The number of hydrogen-bond donors (Lipinski definition) is 1. The first-order chi connectivity index (χ1) is 11.0. The number of amides is 2. The minimum atomic E-state index is -3.03. The molecule has 92 valence electrons. The van der Waals surface area contributed by atoms with Crippen LogP contribution in [0, 0.1) is 0 Å². The molecule has 1 aromatic rings. The minimum Gasteiger partial charge on any atom is -0.371 e. The van der Waals surface area contributed by atoms with Gasteiger partial charge in [-0.05, 0) is 38.0 Å². The summed E-state index contributed by atoms with van der Waals surface area (Å²) in [5.41, 5.74) is -0.0997.